The summed E-state index contributed by atoms with van der Waals surface area (Å²) in [7, 11) is 0. The van der Waals surface area contributed by atoms with Crippen LogP contribution in [-0.4, -0.2) is 55.4 Å². The summed E-state index contributed by atoms with van der Waals surface area (Å²) in [6.45, 7) is -0.181. The Labute approximate surface area is 123 Å². The number of ether oxygens (including phenoxy) is 1. The zero-order valence-electron chi connectivity index (χ0n) is 12.0. The van der Waals surface area contributed by atoms with Gasteiger partial charge in [0, 0.05) is 12.6 Å². The molecule has 0 heterocycles. The average Bonchev–Trinajstić information content (AvgIpc) is 2.45. The molecule has 0 atom stereocenters. The minimum Gasteiger partial charge on any atom is -0.480 e. The van der Waals surface area contributed by atoms with Crippen molar-refractivity contribution in [2.24, 2.45) is 0 Å². The van der Waals surface area contributed by atoms with Crippen LogP contribution in [0.1, 0.15) is 32.1 Å². The highest BCUT2D eigenvalue weighted by atomic mass is 16.5. The molecule has 1 fully saturated rings. The molecule has 120 valence electrons. The van der Waals surface area contributed by atoms with Crippen molar-refractivity contribution in [3.8, 4) is 0 Å². The van der Waals surface area contributed by atoms with Gasteiger partial charge in [-0.15, -0.1) is 0 Å². The maximum Gasteiger partial charge on any atom is 0.329 e. The zero-order chi connectivity index (χ0) is 15.5. The Bertz CT molecular complexity index is 356. The van der Waals surface area contributed by atoms with E-state index in [2.05, 4.69) is 16.0 Å². The lowest BCUT2D eigenvalue weighted by Gasteiger charge is -2.22. The molecule has 0 aromatic carbocycles. The number of hydrogen-bond acceptors (Lipinski definition) is 4. The van der Waals surface area contributed by atoms with Crippen molar-refractivity contribution < 1.29 is 24.2 Å². The van der Waals surface area contributed by atoms with Crippen LogP contribution in [0, 0.1) is 0 Å². The molecule has 21 heavy (non-hydrogen) atoms. The van der Waals surface area contributed by atoms with Gasteiger partial charge in [-0.3, -0.25) is 4.79 Å². The summed E-state index contributed by atoms with van der Waals surface area (Å²) in [5.41, 5.74) is 0. The lowest BCUT2D eigenvalue weighted by Crippen LogP contribution is -2.46. The molecular formula is C13H23N3O5. The van der Waals surface area contributed by atoms with Crippen LogP contribution in [-0.2, 0) is 14.3 Å². The maximum absolute atomic E-state index is 11.6. The smallest absolute Gasteiger partial charge is 0.329 e. The normalized spacial score (nSPS) is 15.2. The second-order valence-corrected chi connectivity index (χ2v) is 4.96. The molecule has 8 nitrogen and oxygen atoms in total. The van der Waals surface area contributed by atoms with Crippen LogP contribution in [0.3, 0.4) is 0 Å². The van der Waals surface area contributed by atoms with Gasteiger partial charge in [-0.25, -0.2) is 9.59 Å². The predicted octanol–water partition coefficient (Wildman–Crippen LogP) is -0.164. The summed E-state index contributed by atoms with van der Waals surface area (Å²) in [4.78, 5) is 33.2. The molecule has 0 radical (unpaired) electrons. The number of aliphatic carboxylic acids is 1. The minimum atomic E-state index is -1.05. The number of rotatable bonds is 8. The van der Waals surface area contributed by atoms with E-state index in [4.69, 9.17) is 9.84 Å². The first-order valence-electron chi connectivity index (χ1n) is 7.18. The number of carbonyl (C=O) groups excluding carboxylic acids is 2. The number of amides is 3. The van der Waals surface area contributed by atoms with Gasteiger partial charge in [0.05, 0.1) is 13.2 Å². The molecule has 0 spiro atoms. The number of urea groups is 1. The van der Waals surface area contributed by atoms with Gasteiger partial charge in [0.15, 0.2) is 0 Å². The fraction of sp³-hybridized carbons (Fsp3) is 0.769. The molecule has 1 aliphatic carbocycles. The SMILES string of the molecule is O=C(O)COCCNC(=O)CNC(=O)NC1CCCCC1. The highest BCUT2D eigenvalue weighted by molar-refractivity contribution is 5.83. The maximum atomic E-state index is 11.6. The van der Waals surface area contributed by atoms with E-state index in [1.807, 2.05) is 0 Å². The van der Waals surface area contributed by atoms with Crippen LogP contribution in [0.15, 0.2) is 0 Å². The van der Waals surface area contributed by atoms with Gasteiger partial charge in [0.25, 0.3) is 0 Å². The van der Waals surface area contributed by atoms with Gasteiger partial charge in [-0.1, -0.05) is 19.3 Å². The molecule has 0 saturated heterocycles. The van der Waals surface area contributed by atoms with Crippen molar-refractivity contribution in [3.63, 3.8) is 0 Å². The molecule has 8 heteroatoms. The first-order valence-corrected chi connectivity index (χ1v) is 7.18. The molecule has 0 aliphatic heterocycles. The summed E-state index contributed by atoms with van der Waals surface area (Å²) in [6, 6.07) is -0.134. The standard InChI is InChI=1S/C13H23N3O5/c17-11(14-6-7-21-9-12(18)19)8-15-13(20)16-10-4-2-1-3-5-10/h10H,1-9H2,(H,14,17)(H,18,19)(H2,15,16,20). The molecule has 0 unspecified atom stereocenters. The van der Waals surface area contributed by atoms with Crippen LogP contribution < -0.4 is 16.0 Å². The summed E-state index contributed by atoms with van der Waals surface area (Å²) < 4.78 is 4.76. The van der Waals surface area contributed by atoms with Crippen molar-refractivity contribution in [2.75, 3.05) is 26.3 Å². The minimum absolute atomic E-state index is 0.114. The first kappa shape index (κ1) is 17.2. The van der Waals surface area contributed by atoms with Gasteiger partial charge in [-0.2, -0.15) is 0 Å². The van der Waals surface area contributed by atoms with Crippen molar-refractivity contribution >= 4 is 17.9 Å². The highest BCUT2D eigenvalue weighted by Crippen LogP contribution is 2.16. The van der Waals surface area contributed by atoms with Gasteiger partial charge < -0.3 is 25.8 Å². The van der Waals surface area contributed by atoms with Crippen LogP contribution in [0.4, 0.5) is 4.79 Å². The summed E-state index contributed by atoms with van der Waals surface area (Å²) in [6.07, 6.45) is 5.44. The van der Waals surface area contributed by atoms with Crippen LogP contribution in [0.25, 0.3) is 0 Å². The Hall–Kier alpha value is -1.83. The zero-order valence-corrected chi connectivity index (χ0v) is 12.0. The van der Waals surface area contributed by atoms with Crippen LogP contribution in [0.5, 0.6) is 0 Å². The van der Waals surface area contributed by atoms with E-state index in [0.29, 0.717) is 0 Å². The molecule has 3 amide bonds. The van der Waals surface area contributed by atoms with E-state index in [0.717, 1.165) is 25.7 Å². The average molecular weight is 301 g/mol. The van der Waals surface area contributed by atoms with E-state index in [1.54, 1.807) is 0 Å². The Morgan fingerprint density at radius 2 is 1.81 bits per heavy atom. The van der Waals surface area contributed by atoms with E-state index >= 15 is 0 Å². The molecule has 1 rings (SSSR count). The lowest BCUT2D eigenvalue weighted by atomic mass is 9.96. The Morgan fingerprint density at radius 3 is 2.48 bits per heavy atom. The quantitative estimate of drug-likeness (QED) is 0.465. The van der Waals surface area contributed by atoms with Gasteiger partial charge in [0.1, 0.15) is 6.61 Å². The Balaban J connectivity index is 2.01. The number of carbonyl (C=O) groups is 3. The molecule has 0 aromatic rings. The molecular weight excluding hydrogens is 278 g/mol. The highest BCUT2D eigenvalue weighted by Gasteiger charge is 2.15. The summed E-state index contributed by atoms with van der Waals surface area (Å²) in [5, 5.41) is 16.2. The van der Waals surface area contributed by atoms with E-state index < -0.39 is 12.6 Å². The van der Waals surface area contributed by atoms with Gasteiger partial charge in [-0.05, 0) is 12.8 Å². The second-order valence-electron chi connectivity index (χ2n) is 4.96. The number of nitrogens with one attached hydrogen (secondary N) is 3. The Kier molecular flexibility index (Phi) is 8.18. The summed E-state index contributed by atoms with van der Waals surface area (Å²) in [5.74, 6) is -1.39. The first-order chi connectivity index (χ1) is 10.1. The van der Waals surface area contributed by atoms with Gasteiger partial charge in [0.2, 0.25) is 5.91 Å². The molecule has 4 N–H and O–H groups in total. The van der Waals surface area contributed by atoms with Crippen LogP contribution >= 0.6 is 0 Å². The largest absolute Gasteiger partial charge is 0.480 e. The van der Waals surface area contributed by atoms with Crippen molar-refractivity contribution in [3.05, 3.63) is 0 Å². The van der Waals surface area contributed by atoms with Crippen molar-refractivity contribution in [1.29, 1.82) is 0 Å². The molecule has 1 saturated carbocycles. The van der Waals surface area contributed by atoms with Crippen molar-refractivity contribution in [2.45, 2.75) is 38.1 Å². The van der Waals surface area contributed by atoms with Gasteiger partial charge >= 0.3 is 12.0 Å². The predicted molar refractivity (Wildman–Crippen MR) is 74.9 cm³/mol. The molecule has 1 aliphatic rings. The second kappa shape index (κ2) is 9.98. The fourth-order valence-electron chi connectivity index (χ4n) is 2.13. The third-order valence-electron chi connectivity index (χ3n) is 3.14. The van der Waals surface area contributed by atoms with Crippen LogP contribution in [0.2, 0.25) is 0 Å². The number of carboxylic acid groups (broad SMARTS) is 1. The number of carboxylic acids is 1. The van der Waals surface area contributed by atoms with E-state index in [-0.39, 0.29) is 37.7 Å². The number of hydrogen-bond donors (Lipinski definition) is 4. The fourth-order valence-corrected chi connectivity index (χ4v) is 2.13. The van der Waals surface area contributed by atoms with E-state index in [1.165, 1.54) is 6.42 Å². The summed E-state index contributed by atoms with van der Waals surface area (Å²) >= 11 is 0. The van der Waals surface area contributed by atoms with E-state index in [9.17, 15) is 14.4 Å². The third-order valence-corrected chi connectivity index (χ3v) is 3.14. The molecule has 0 bridgehead atoms. The van der Waals surface area contributed by atoms with Crippen molar-refractivity contribution in [1.82, 2.24) is 16.0 Å². The molecule has 0 aromatic heterocycles. The topological polar surface area (TPSA) is 117 Å². The monoisotopic (exact) mass is 301 g/mol. The Morgan fingerprint density at radius 1 is 1.10 bits per heavy atom. The third kappa shape index (κ3) is 8.85. The lowest BCUT2D eigenvalue weighted by molar-refractivity contribution is -0.142.